The van der Waals surface area contributed by atoms with Crippen LogP contribution in [0.15, 0.2) is 24.3 Å². The Morgan fingerprint density at radius 2 is 2.03 bits per heavy atom. The van der Waals surface area contributed by atoms with Crippen molar-refractivity contribution in [2.45, 2.75) is 45.1 Å². The average Bonchev–Trinajstić information content (AvgIpc) is 2.70. The summed E-state index contributed by atoms with van der Waals surface area (Å²) < 4.78 is 5.49. The molecule has 0 spiro atoms. The minimum absolute atomic E-state index is 0. The van der Waals surface area contributed by atoms with Crippen LogP contribution in [-0.2, 0) is 0 Å². The first-order valence-corrected chi connectivity index (χ1v) is 10.4. The number of nitro benzene ring substituents is 1. The fraction of sp³-hybridized carbons (Fsp3) is 0.571. The quantitative estimate of drug-likeness (QED) is 0.291. The maximum Gasteiger partial charge on any atom is 0.293 e. The van der Waals surface area contributed by atoms with Crippen molar-refractivity contribution in [2.75, 3.05) is 32.0 Å². The molecule has 1 aromatic carbocycles. The molecule has 0 radical (unpaired) electrons. The van der Waals surface area contributed by atoms with Gasteiger partial charge in [-0.15, -0.1) is 12.4 Å². The molecule has 2 aliphatic rings. The van der Waals surface area contributed by atoms with Crippen molar-refractivity contribution in [3.05, 3.63) is 40.0 Å². The number of nitrogens with two attached hydrogens (primary N) is 1. The number of piperidine rings is 1. The van der Waals surface area contributed by atoms with Gasteiger partial charge in [-0.05, 0) is 44.9 Å². The van der Waals surface area contributed by atoms with Gasteiger partial charge < -0.3 is 20.7 Å². The number of hydrogen-bond acceptors (Lipinski definition) is 6. The van der Waals surface area contributed by atoms with Gasteiger partial charge in [0.1, 0.15) is 11.4 Å². The van der Waals surface area contributed by atoms with E-state index in [9.17, 15) is 14.9 Å². The molecule has 0 saturated carbocycles. The Hall–Kier alpha value is -2.32. The van der Waals surface area contributed by atoms with Crippen LogP contribution in [0, 0.1) is 16.0 Å². The highest BCUT2D eigenvalue weighted by Crippen LogP contribution is 2.31. The largest absolute Gasteiger partial charge is 0.493 e. The highest BCUT2D eigenvalue weighted by molar-refractivity contribution is 5.98. The number of rotatable bonds is 7. The zero-order valence-electron chi connectivity index (χ0n) is 17.3. The fourth-order valence-corrected chi connectivity index (χ4v) is 4.10. The third kappa shape index (κ3) is 6.09. The van der Waals surface area contributed by atoms with Crippen molar-refractivity contribution >= 4 is 29.7 Å². The maximum absolute atomic E-state index is 12.8. The molecule has 1 aliphatic heterocycles. The zero-order valence-corrected chi connectivity index (χ0v) is 18.2. The average molecular weight is 439 g/mol. The van der Waals surface area contributed by atoms with Crippen LogP contribution in [0.1, 0.15) is 49.4 Å². The number of halogens is 1. The Balaban J connectivity index is 0.00000320. The molecule has 8 nitrogen and oxygen atoms in total. The predicted molar refractivity (Wildman–Crippen MR) is 119 cm³/mol. The zero-order chi connectivity index (χ0) is 20.8. The van der Waals surface area contributed by atoms with Crippen LogP contribution in [0.3, 0.4) is 0 Å². The second kappa shape index (κ2) is 11.2. The molecule has 9 heteroatoms. The van der Waals surface area contributed by atoms with E-state index in [1.165, 1.54) is 25.0 Å². The van der Waals surface area contributed by atoms with Crippen molar-refractivity contribution in [3.8, 4) is 5.75 Å². The number of likely N-dealkylation sites (tertiary alicyclic amines) is 1. The number of benzene rings is 1. The van der Waals surface area contributed by atoms with E-state index in [-0.39, 0.29) is 47.0 Å². The van der Waals surface area contributed by atoms with Crippen molar-refractivity contribution in [1.82, 2.24) is 10.2 Å². The van der Waals surface area contributed by atoms with Crippen LogP contribution in [-0.4, -0.2) is 48.0 Å². The molecule has 1 aromatic rings. The van der Waals surface area contributed by atoms with Gasteiger partial charge in [0, 0.05) is 37.8 Å². The van der Waals surface area contributed by atoms with Crippen LogP contribution in [0.5, 0.6) is 5.75 Å². The SMILES string of the molecule is CCOc1cc(N)c([N+](=O)[O-])cc1C(=O)NC1CCN(CC2CC=CCC2)CC1.Cl. The van der Waals surface area contributed by atoms with Crippen LogP contribution in [0.2, 0.25) is 0 Å². The number of amides is 1. The second-order valence-corrected chi connectivity index (χ2v) is 7.80. The van der Waals surface area contributed by atoms with Gasteiger partial charge in [0.2, 0.25) is 0 Å². The summed E-state index contributed by atoms with van der Waals surface area (Å²) in [5.74, 6) is 0.651. The lowest BCUT2D eigenvalue weighted by Crippen LogP contribution is -2.45. The molecule has 1 heterocycles. The molecule has 30 heavy (non-hydrogen) atoms. The number of nitro groups is 1. The third-order valence-corrected chi connectivity index (χ3v) is 5.69. The molecule has 3 N–H and O–H groups in total. The molecular formula is C21H31ClN4O4. The fourth-order valence-electron chi connectivity index (χ4n) is 4.10. The number of carbonyl (C=O) groups excluding carboxylic acids is 1. The minimum Gasteiger partial charge on any atom is -0.493 e. The number of nitrogens with one attached hydrogen (secondary N) is 1. The maximum atomic E-state index is 12.8. The summed E-state index contributed by atoms with van der Waals surface area (Å²) in [7, 11) is 0. The van der Waals surface area contributed by atoms with Crippen molar-refractivity contribution < 1.29 is 14.5 Å². The molecule has 3 rings (SSSR count). The van der Waals surface area contributed by atoms with Crippen molar-refractivity contribution in [3.63, 3.8) is 0 Å². The molecule has 1 amide bonds. The van der Waals surface area contributed by atoms with Crippen LogP contribution in [0.4, 0.5) is 11.4 Å². The van der Waals surface area contributed by atoms with E-state index in [1.807, 2.05) is 0 Å². The first-order valence-electron chi connectivity index (χ1n) is 10.4. The summed E-state index contributed by atoms with van der Waals surface area (Å²) >= 11 is 0. The Morgan fingerprint density at radius 1 is 1.30 bits per heavy atom. The summed E-state index contributed by atoms with van der Waals surface area (Å²) in [5, 5.41) is 14.2. The Kier molecular flexibility index (Phi) is 8.92. The summed E-state index contributed by atoms with van der Waals surface area (Å²) in [5.41, 5.74) is 5.60. The summed E-state index contributed by atoms with van der Waals surface area (Å²) in [6.45, 7) is 5.14. The van der Waals surface area contributed by atoms with Gasteiger partial charge in [-0.2, -0.15) is 0 Å². The molecule has 0 aromatic heterocycles. The Bertz CT molecular complexity index is 779. The Labute approximate surface area is 183 Å². The van der Waals surface area contributed by atoms with Crippen molar-refractivity contribution in [2.24, 2.45) is 5.92 Å². The summed E-state index contributed by atoms with van der Waals surface area (Å²) in [6, 6.07) is 2.62. The monoisotopic (exact) mass is 438 g/mol. The normalized spacial score (nSPS) is 19.7. The van der Waals surface area contributed by atoms with E-state index in [1.54, 1.807) is 6.92 Å². The molecule has 1 saturated heterocycles. The first kappa shape index (κ1) is 24.0. The van der Waals surface area contributed by atoms with Crippen molar-refractivity contribution in [1.29, 1.82) is 0 Å². The Morgan fingerprint density at radius 3 is 2.63 bits per heavy atom. The number of anilines is 1. The molecule has 1 atom stereocenters. The summed E-state index contributed by atoms with van der Waals surface area (Å²) in [6.07, 6.45) is 9.87. The van der Waals surface area contributed by atoms with E-state index in [0.717, 1.165) is 44.8 Å². The number of ether oxygens (including phenoxy) is 1. The first-order chi connectivity index (χ1) is 14.0. The molecule has 1 fully saturated rings. The standard InChI is InChI=1S/C21H30N4O4.ClH/c1-2-29-20-13-18(22)19(25(27)28)12-17(20)21(26)23-16-8-10-24(11-9-16)14-15-6-4-3-5-7-15;/h3-4,12-13,15-16H,2,5-11,14,22H2,1H3,(H,23,26);1H. The van der Waals surface area contributed by atoms with Gasteiger partial charge in [0.15, 0.2) is 0 Å². The topological polar surface area (TPSA) is 111 Å². The van der Waals surface area contributed by atoms with Gasteiger partial charge in [0.25, 0.3) is 11.6 Å². The highest BCUT2D eigenvalue weighted by atomic mass is 35.5. The second-order valence-electron chi connectivity index (χ2n) is 7.80. The highest BCUT2D eigenvalue weighted by Gasteiger charge is 2.26. The number of allylic oxidation sites excluding steroid dienone is 2. The van der Waals surface area contributed by atoms with Gasteiger partial charge in [0.05, 0.1) is 17.1 Å². The van der Waals surface area contributed by atoms with Crippen LogP contribution >= 0.6 is 12.4 Å². The number of hydrogen-bond donors (Lipinski definition) is 2. The van der Waals surface area contributed by atoms with Gasteiger partial charge in [-0.3, -0.25) is 14.9 Å². The molecule has 1 unspecified atom stereocenters. The lowest BCUT2D eigenvalue weighted by molar-refractivity contribution is -0.383. The molecular weight excluding hydrogens is 408 g/mol. The summed E-state index contributed by atoms with van der Waals surface area (Å²) in [4.78, 5) is 25.9. The van der Waals surface area contributed by atoms with E-state index in [4.69, 9.17) is 10.5 Å². The number of nitrogens with zero attached hydrogens (tertiary/aromatic N) is 2. The number of carbonyl (C=O) groups is 1. The van der Waals surface area contributed by atoms with E-state index in [2.05, 4.69) is 22.4 Å². The van der Waals surface area contributed by atoms with Crippen LogP contribution < -0.4 is 15.8 Å². The predicted octanol–water partition coefficient (Wildman–Crippen LogP) is 3.55. The molecule has 166 valence electrons. The third-order valence-electron chi connectivity index (χ3n) is 5.69. The van der Waals surface area contributed by atoms with E-state index >= 15 is 0 Å². The van der Waals surface area contributed by atoms with Gasteiger partial charge >= 0.3 is 0 Å². The lowest BCUT2D eigenvalue weighted by atomic mass is 9.93. The molecule has 1 aliphatic carbocycles. The minimum atomic E-state index is -0.583. The van der Waals surface area contributed by atoms with Crippen LogP contribution in [0.25, 0.3) is 0 Å². The van der Waals surface area contributed by atoms with E-state index < -0.39 is 4.92 Å². The van der Waals surface area contributed by atoms with E-state index in [0.29, 0.717) is 6.61 Å². The number of nitrogen functional groups attached to an aromatic ring is 1. The lowest BCUT2D eigenvalue weighted by Gasteiger charge is -2.35. The van der Waals surface area contributed by atoms with Gasteiger partial charge in [-0.25, -0.2) is 0 Å². The molecule has 0 bridgehead atoms. The smallest absolute Gasteiger partial charge is 0.293 e. The van der Waals surface area contributed by atoms with Gasteiger partial charge in [-0.1, -0.05) is 12.2 Å².